The maximum absolute atomic E-state index is 13.1. The average molecular weight is 503 g/mol. The van der Waals surface area contributed by atoms with Gasteiger partial charge < -0.3 is 20.8 Å². The fraction of sp³-hybridized carbons (Fsp3) is 0.643. The summed E-state index contributed by atoms with van der Waals surface area (Å²) >= 11 is 0. The molecule has 8 heteroatoms. The van der Waals surface area contributed by atoms with Crippen molar-refractivity contribution < 1.29 is 29.4 Å². The topological polar surface area (TPSA) is 133 Å². The largest absolute Gasteiger partial charge is 0.481 e. The van der Waals surface area contributed by atoms with Crippen molar-refractivity contribution in [1.29, 1.82) is 0 Å². The van der Waals surface area contributed by atoms with E-state index in [0.29, 0.717) is 13.0 Å². The number of carboxylic acid groups (broad SMARTS) is 2. The van der Waals surface area contributed by atoms with Gasteiger partial charge in [0.15, 0.2) is 0 Å². The highest BCUT2D eigenvalue weighted by molar-refractivity contribution is 5.89. The second-order valence-corrected chi connectivity index (χ2v) is 9.99. The van der Waals surface area contributed by atoms with Crippen LogP contribution >= 0.6 is 0 Å². The summed E-state index contributed by atoms with van der Waals surface area (Å²) in [7, 11) is 0. The van der Waals surface area contributed by atoms with E-state index >= 15 is 0 Å². The van der Waals surface area contributed by atoms with Gasteiger partial charge in [-0.1, -0.05) is 82.2 Å². The van der Waals surface area contributed by atoms with Gasteiger partial charge in [0.2, 0.25) is 11.8 Å². The van der Waals surface area contributed by atoms with E-state index in [1.165, 1.54) is 32.1 Å². The van der Waals surface area contributed by atoms with Gasteiger partial charge in [0, 0.05) is 18.9 Å². The van der Waals surface area contributed by atoms with Gasteiger partial charge in [-0.3, -0.25) is 19.2 Å². The first-order chi connectivity index (χ1) is 17.3. The van der Waals surface area contributed by atoms with Crippen molar-refractivity contribution in [3.05, 3.63) is 35.9 Å². The Kier molecular flexibility index (Phi) is 13.0. The Morgan fingerprint density at radius 1 is 0.806 bits per heavy atom. The number of hydrogen-bond acceptors (Lipinski definition) is 4. The number of nitrogens with one attached hydrogen (secondary N) is 2. The Morgan fingerprint density at radius 2 is 1.33 bits per heavy atom. The Bertz CT molecular complexity index is 822. The molecule has 0 aromatic heterocycles. The normalized spacial score (nSPS) is 20.3. The standard InChI is InChI=1S/C28H42N2O6/c1-2-3-4-5-6-7-8-12-15-29-26(32)24(16-20-13-10-9-11-14-20)30-25(31)21-17-22(27(33)34)19-23(18-21)28(35)36/h9-11,13-14,21-24H,2-8,12,15-19H2,1H3,(H,29,32)(H,30,31)(H,33,34)(H,35,36)/t21-,22+,23-,24-/m0/s1. The van der Waals surface area contributed by atoms with Crippen molar-refractivity contribution in [2.75, 3.05) is 6.54 Å². The quantitative estimate of drug-likeness (QED) is 0.251. The zero-order valence-electron chi connectivity index (χ0n) is 21.4. The van der Waals surface area contributed by atoms with Gasteiger partial charge in [-0.25, -0.2) is 0 Å². The molecule has 2 rings (SSSR count). The fourth-order valence-corrected chi connectivity index (χ4v) is 4.88. The van der Waals surface area contributed by atoms with E-state index in [4.69, 9.17) is 0 Å². The maximum atomic E-state index is 13.1. The molecule has 0 unspecified atom stereocenters. The molecule has 0 bridgehead atoms. The number of carboxylic acids is 2. The van der Waals surface area contributed by atoms with Crippen LogP contribution in [0.25, 0.3) is 0 Å². The van der Waals surface area contributed by atoms with E-state index in [9.17, 15) is 29.4 Å². The van der Waals surface area contributed by atoms with Gasteiger partial charge in [-0.05, 0) is 31.2 Å². The number of rotatable bonds is 16. The van der Waals surface area contributed by atoms with E-state index in [0.717, 1.165) is 24.8 Å². The van der Waals surface area contributed by atoms with Gasteiger partial charge in [0.1, 0.15) is 6.04 Å². The summed E-state index contributed by atoms with van der Waals surface area (Å²) in [6, 6.07) is 8.55. The van der Waals surface area contributed by atoms with Crippen molar-refractivity contribution in [2.24, 2.45) is 17.8 Å². The number of aliphatic carboxylic acids is 2. The first kappa shape index (κ1) is 29.3. The minimum atomic E-state index is -1.09. The number of unbranched alkanes of at least 4 members (excludes halogenated alkanes) is 7. The summed E-state index contributed by atoms with van der Waals surface area (Å²) in [4.78, 5) is 49.2. The molecule has 1 aromatic rings. The van der Waals surface area contributed by atoms with Crippen LogP contribution in [0.4, 0.5) is 0 Å². The number of carbonyl (C=O) groups excluding carboxylic acids is 2. The Balaban J connectivity index is 1.93. The van der Waals surface area contributed by atoms with Crippen LogP contribution in [-0.2, 0) is 25.6 Å². The molecule has 1 aliphatic carbocycles. The molecular weight excluding hydrogens is 460 g/mol. The molecule has 1 fully saturated rings. The zero-order valence-corrected chi connectivity index (χ0v) is 21.4. The van der Waals surface area contributed by atoms with Crippen LogP contribution in [0, 0.1) is 17.8 Å². The van der Waals surface area contributed by atoms with Gasteiger partial charge in [0.25, 0.3) is 0 Å². The molecule has 2 amide bonds. The van der Waals surface area contributed by atoms with E-state index in [1.54, 1.807) is 0 Å². The predicted octanol–water partition coefficient (Wildman–Crippen LogP) is 4.17. The molecule has 1 aromatic carbocycles. The SMILES string of the molecule is CCCCCCCCCCNC(=O)[C@H](Cc1ccccc1)NC(=O)[C@@H]1C[C@H](C(=O)O)C[C@H](C(=O)O)C1. The van der Waals surface area contributed by atoms with Crippen molar-refractivity contribution in [3.8, 4) is 0 Å². The smallest absolute Gasteiger partial charge is 0.306 e. The molecule has 200 valence electrons. The summed E-state index contributed by atoms with van der Waals surface area (Å²) in [5.41, 5.74) is 0.889. The molecular formula is C28H42N2O6. The summed E-state index contributed by atoms with van der Waals surface area (Å²) in [5, 5.41) is 24.6. The molecule has 0 saturated heterocycles. The van der Waals surface area contributed by atoms with Crippen LogP contribution in [0.5, 0.6) is 0 Å². The summed E-state index contributed by atoms with van der Waals surface area (Å²) in [6.45, 7) is 2.73. The molecule has 0 aliphatic heterocycles. The Hall–Kier alpha value is -2.90. The highest BCUT2D eigenvalue weighted by Gasteiger charge is 2.39. The number of carbonyl (C=O) groups is 4. The lowest BCUT2D eigenvalue weighted by Crippen LogP contribution is -2.51. The molecule has 4 atom stereocenters. The van der Waals surface area contributed by atoms with Gasteiger partial charge in [0.05, 0.1) is 11.8 Å². The first-order valence-electron chi connectivity index (χ1n) is 13.4. The van der Waals surface area contributed by atoms with Crippen LogP contribution in [0.15, 0.2) is 30.3 Å². The van der Waals surface area contributed by atoms with Gasteiger partial charge >= 0.3 is 11.9 Å². The van der Waals surface area contributed by atoms with Gasteiger partial charge in [-0.15, -0.1) is 0 Å². The van der Waals surface area contributed by atoms with Crippen molar-refractivity contribution in [3.63, 3.8) is 0 Å². The third-order valence-electron chi connectivity index (χ3n) is 7.02. The lowest BCUT2D eigenvalue weighted by atomic mass is 9.74. The third kappa shape index (κ3) is 10.4. The monoisotopic (exact) mass is 502 g/mol. The maximum Gasteiger partial charge on any atom is 0.306 e. The number of amides is 2. The highest BCUT2D eigenvalue weighted by atomic mass is 16.4. The van der Waals surface area contributed by atoms with Crippen LogP contribution in [0.2, 0.25) is 0 Å². The first-order valence-corrected chi connectivity index (χ1v) is 13.4. The molecule has 0 radical (unpaired) electrons. The van der Waals surface area contributed by atoms with Crippen molar-refractivity contribution >= 4 is 23.8 Å². The zero-order chi connectivity index (χ0) is 26.3. The van der Waals surface area contributed by atoms with Crippen LogP contribution in [-0.4, -0.2) is 46.6 Å². The summed E-state index contributed by atoms with van der Waals surface area (Å²) in [6.07, 6.45) is 9.74. The van der Waals surface area contributed by atoms with E-state index < -0.39 is 41.6 Å². The second kappa shape index (κ2) is 16.0. The molecule has 0 heterocycles. The lowest BCUT2D eigenvalue weighted by Gasteiger charge is -2.31. The predicted molar refractivity (Wildman–Crippen MR) is 137 cm³/mol. The molecule has 8 nitrogen and oxygen atoms in total. The molecule has 36 heavy (non-hydrogen) atoms. The Morgan fingerprint density at radius 3 is 1.89 bits per heavy atom. The van der Waals surface area contributed by atoms with E-state index in [-0.39, 0.29) is 25.2 Å². The number of hydrogen-bond donors (Lipinski definition) is 4. The van der Waals surface area contributed by atoms with Crippen molar-refractivity contribution in [1.82, 2.24) is 10.6 Å². The average Bonchev–Trinajstić information content (AvgIpc) is 2.87. The van der Waals surface area contributed by atoms with E-state index in [2.05, 4.69) is 17.6 Å². The molecule has 1 saturated carbocycles. The molecule has 1 aliphatic rings. The second-order valence-electron chi connectivity index (χ2n) is 9.99. The lowest BCUT2D eigenvalue weighted by molar-refractivity contribution is -0.150. The minimum absolute atomic E-state index is 0.0149. The number of benzene rings is 1. The van der Waals surface area contributed by atoms with Gasteiger partial charge in [-0.2, -0.15) is 0 Å². The highest BCUT2D eigenvalue weighted by Crippen LogP contribution is 2.34. The third-order valence-corrected chi connectivity index (χ3v) is 7.02. The Labute approximate surface area is 214 Å². The van der Waals surface area contributed by atoms with Crippen LogP contribution in [0.1, 0.15) is 83.1 Å². The summed E-state index contributed by atoms with van der Waals surface area (Å²) < 4.78 is 0. The van der Waals surface area contributed by atoms with Crippen molar-refractivity contribution in [2.45, 2.75) is 90.0 Å². The van der Waals surface area contributed by atoms with Crippen LogP contribution in [0.3, 0.4) is 0 Å². The van der Waals surface area contributed by atoms with E-state index in [1.807, 2.05) is 30.3 Å². The minimum Gasteiger partial charge on any atom is -0.481 e. The molecule has 0 spiro atoms. The van der Waals surface area contributed by atoms with Crippen LogP contribution < -0.4 is 10.6 Å². The summed E-state index contributed by atoms with van der Waals surface area (Å²) in [5.74, 6) is -5.48. The molecule has 4 N–H and O–H groups in total. The fourth-order valence-electron chi connectivity index (χ4n) is 4.88.